The van der Waals surface area contributed by atoms with Gasteiger partial charge in [0, 0.05) is 24.8 Å². The molecule has 1 atom stereocenters. The van der Waals surface area contributed by atoms with E-state index in [0.29, 0.717) is 28.4 Å². The van der Waals surface area contributed by atoms with Gasteiger partial charge in [-0.2, -0.15) is 0 Å². The third-order valence-corrected chi connectivity index (χ3v) is 5.33. The molecule has 3 N–H and O–H groups in total. The number of pyridine rings is 1. The van der Waals surface area contributed by atoms with Crippen LogP contribution in [0.4, 0.5) is 5.82 Å². The first-order valence-electron chi connectivity index (χ1n) is 9.06. The first-order chi connectivity index (χ1) is 14.3. The van der Waals surface area contributed by atoms with Gasteiger partial charge in [0.05, 0.1) is 24.1 Å². The number of methoxy groups -OCH3 is 1. The van der Waals surface area contributed by atoms with Crippen molar-refractivity contribution in [2.75, 3.05) is 19.4 Å². The Morgan fingerprint density at radius 1 is 1.33 bits per heavy atom. The lowest BCUT2D eigenvalue weighted by atomic mass is 9.85. The summed E-state index contributed by atoms with van der Waals surface area (Å²) in [5.74, 6) is 5.18. The van der Waals surface area contributed by atoms with Gasteiger partial charge in [-0.1, -0.05) is 29.5 Å². The molecule has 3 amide bonds. The predicted octanol–water partition coefficient (Wildman–Crippen LogP) is 1.37. The highest BCUT2D eigenvalue weighted by Crippen LogP contribution is 2.33. The summed E-state index contributed by atoms with van der Waals surface area (Å²) in [4.78, 5) is 43.0. The summed E-state index contributed by atoms with van der Waals surface area (Å²) in [6, 6.07) is 6.77. The van der Waals surface area contributed by atoms with Gasteiger partial charge in [0.1, 0.15) is 17.0 Å². The van der Waals surface area contributed by atoms with Crippen molar-refractivity contribution in [3.8, 4) is 17.6 Å². The number of ether oxygens (including phenoxy) is 1. The second-order valence-electron chi connectivity index (χ2n) is 7.16. The van der Waals surface area contributed by atoms with Crippen LogP contribution in [-0.4, -0.2) is 41.3 Å². The zero-order valence-corrected chi connectivity index (χ0v) is 16.7. The van der Waals surface area contributed by atoms with Crippen LogP contribution in [0.2, 0.25) is 5.02 Å². The number of amides is 3. The van der Waals surface area contributed by atoms with Crippen molar-refractivity contribution in [3.05, 3.63) is 52.2 Å². The summed E-state index contributed by atoms with van der Waals surface area (Å²) in [6.45, 7) is 0.269. The number of halogens is 1. The summed E-state index contributed by atoms with van der Waals surface area (Å²) >= 11 is 5.95. The van der Waals surface area contributed by atoms with E-state index in [4.69, 9.17) is 22.1 Å². The van der Waals surface area contributed by atoms with Crippen molar-refractivity contribution < 1.29 is 19.1 Å². The molecule has 152 valence electrons. The Hall–Kier alpha value is -3.57. The van der Waals surface area contributed by atoms with Gasteiger partial charge in [-0.3, -0.25) is 19.7 Å². The Morgan fingerprint density at radius 3 is 2.83 bits per heavy atom. The van der Waals surface area contributed by atoms with Crippen molar-refractivity contribution >= 4 is 35.1 Å². The van der Waals surface area contributed by atoms with E-state index in [9.17, 15) is 14.4 Å². The van der Waals surface area contributed by atoms with Gasteiger partial charge >= 0.3 is 0 Å². The Labute approximate surface area is 177 Å². The van der Waals surface area contributed by atoms with Crippen molar-refractivity contribution in [2.45, 2.75) is 13.0 Å². The molecule has 0 saturated carbocycles. The number of aromatic nitrogens is 1. The van der Waals surface area contributed by atoms with Crippen LogP contribution in [-0.2, 0) is 16.1 Å². The predicted molar refractivity (Wildman–Crippen MR) is 108 cm³/mol. The van der Waals surface area contributed by atoms with E-state index < -0.39 is 17.2 Å². The van der Waals surface area contributed by atoms with Gasteiger partial charge in [0.25, 0.3) is 5.91 Å². The molecular formula is C21H17ClN4O4. The number of imide groups is 1. The molecule has 1 fully saturated rings. The third kappa shape index (κ3) is 3.44. The van der Waals surface area contributed by atoms with E-state index in [-0.39, 0.29) is 24.7 Å². The lowest BCUT2D eigenvalue weighted by molar-refractivity contribution is -0.127. The smallest absolute Gasteiger partial charge is 0.254 e. The summed E-state index contributed by atoms with van der Waals surface area (Å²) in [5.41, 5.74) is 6.10. The minimum absolute atomic E-state index is 0.0404. The van der Waals surface area contributed by atoms with Gasteiger partial charge in [0.2, 0.25) is 11.8 Å². The van der Waals surface area contributed by atoms with Crippen molar-refractivity contribution in [1.82, 2.24) is 15.2 Å². The van der Waals surface area contributed by atoms with E-state index in [1.165, 1.54) is 24.3 Å². The van der Waals surface area contributed by atoms with Gasteiger partial charge < -0.3 is 15.4 Å². The first-order valence-corrected chi connectivity index (χ1v) is 9.44. The second kappa shape index (κ2) is 7.35. The number of carbonyl (C=O) groups excluding carboxylic acids is 3. The summed E-state index contributed by atoms with van der Waals surface area (Å²) < 4.78 is 5.19. The second-order valence-corrected chi connectivity index (χ2v) is 7.59. The summed E-state index contributed by atoms with van der Waals surface area (Å²) in [7, 11) is 1.52. The van der Waals surface area contributed by atoms with E-state index in [0.717, 1.165) is 5.56 Å². The van der Waals surface area contributed by atoms with Crippen LogP contribution in [0.15, 0.2) is 30.5 Å². The van der Waals surface area contributed by atoms with E-state index in [1.807, 2.05) is 6.07 Å². The molecular weight excluding hydrogens is 408 g/mol. The molecule has 30 heavy (non-hydrogen) atoms. The molecule has 1 saturated heterocycles. The summed E-state index contributed by atoms with van der Waals surface area (Å²) in [6.07, 6.45) is 1.23. The quantitative estimate of drug-likeness (QED) is 0.568. The molecule has 3 heterocycles. The van der Waals surface area contributed by atoms with Gasteiger partial charge in [-0.05, 0) is 23.8 Å². The number of anilines is 1. The van der Waals surface area contributed by atoms with Crippen LogP contribution in [0.3, 0.4) is 0 Å². The fourth-order valence-corrected chi connectivity index (χ4v) is 3.73. The number of hydrogen-bond donors (Lipinski definition) is 2. The average Bonchev–Trinajstić information content (AvgIpc) is 3.18. The van der Waals surface area contributed by atoms with E-state index in [2.05, 4.69) is 22.1 Å². The maximum Gasteiger partial charge on any atom is 0.254 e. The highest BCUT2D eigenvalue weighted by atomic mass is 35.5. The minimum atomic E-state index is -1.40. The fourth-order valence-electron chi connectivity index (χ4n) is 3.57. The van der Waals surface area contributed by atoms with Crippen LogP contribution in [0.25, 0.3) is 0 Å². The molecule has 2 aliphatic heterocycles. The van der Waals surface area contributed by atoms with Crippen LogP contribution in [0.1, 0.15) is 27.9 Å². The normalized spacial score (nSPS) is 19.9. The standard InChI is InChI=1S/C21H17ClN4O4/c1-30-15-3-2-13-10-26(19(28)16(13)7-15)11-21(8-17(27)25-20(21)29)5-4-12-6-14(22)9-24-18(12)23/h2-3,6-7,9H,8,10-11H2,1H3,(H2,23,24)(H,25,27,29)/t21-/m1/s1. The fraction of sp³-hybridized carbons (Fsp3) is 0.238. The number of benzene rings is 1. The Bertz CT molecular complexity index is 1150. The Balaban J connectivity index is 1.67. The molecule has 2 aliphatic rings. The van der Waals surface area contributed by atoms with E-state index in [1.54, 1.807) is 12.1 Å². The molecule has 8 nitrogen and oxygen atoms in total. The third-order valence-electron chi connectivity index (χ3n) is 5.13. The van der Waals surface area contributed by atoms with Crippen molar-refractivity contribution in [1.29, 1.82) is 0 Å². The van der Waals surface area contributed by atoms with Crippen LogP contribution in [0.5, 0.6) is 5.75 Å². The number of fused-ring (bicyclic) bond motifs is 1. The average molecular weight is 425 g/mol. The lowest BCUT2D eigenvalue weighted by Crippen LogP contribution is -2.42. The monoisotopic (exact) mass is 424 g/mol. The Morgan fingerprint density at radius 2 is 2.13 bits per heavy atom. The highest BCUT2D eigenvalue weighted by Gasteiger charge is 2.48. The molecule has 0 bridgehead atoms. The SMILES string of the molecule is COc1ccc2c(c1)C(=O)N(C[C@@]1(C#Cc3cc(Cl)cnc3N)CC(=O)NC1=O)C2. The maximum atomic E-state index is 12.9. The molecule has 1 aromatic carbocycles. The minimum Gasteiger partial charge on any atom is -0.497 e. The molecule has 1 aromatic heterocycles. The number of carbonyl (C=O) groups is 3. The molecule has 0 spiro atoms. The number of nitrogen functional groups attached to an aromatic ring is 1. The topological polar surface area (TPSA) is 115 Å². The molecule has 9 heteroatoms. The molecule has 2 aromatic rings. The summed E-state index contributed by atoms with van der Waals surface area (Å²) in [5, 5.41) is 2.63. The van der Waals surface area contributed by atoms with Gasteiger partial charge in [-0.15, -0.1) is 0 Å². The highest BCUT2D eigenvalue weighted by molar-refractivity contribution is 6.30. The van der Waals surface area contributed by atoms with Crippen LogP contribution >= 0.6 is 11.6 Å². The number of rotatable bonds is 3. The molecule has 4 rings (SSSR count). The number of nitrogens with two attached hydrogens (primary N) is 1. The molecule has 0 unspecified atom stereocenters. The maximum absolute atomic E-state index is 12.9. The van der Waals surface area contributed by atoms with Crippen molar-refractivity contribution in [3.63, 3.8) is 0 Å². The number of hydrogen-bond acceptors (Lipinski definition) is 6. The van der Waals surface area contributed by atoms with Gasteiger partial charge in [0.15, 0.2) is 0 Å². The molecule has 0 radical (unpaired) electrons. The number of nitrogens with one attached hydrogen (secondary N) is 1. The molecule has 0 aliphatic carbocycles. The lowest BCUT2D eigenvalue weighted by Gasteiger charge is -2.25. The Kier molecular flexibility index (Phi) is 4.84. The van der Waals surface area contributed by atoms with Crippen LogP contribution in [0, 0.1) is 17.3 Å². The number of nitrogens with zero attached hydrogens (tertiary/aromatic N) is 2. The zero-order valence-electron chi connectivity index (χ0n) is 16.0. The largest absolute Gasteiger partial charge is 0.497 e. The first kappa shape index (κ1) is 19.7. The zero-order chi connectivity index (χ0) is 21.5. The van der Waals surface area contributed by atoms with Gasteiger partial charge in [-0.25, -0.2) is 4.98 Å². The van der Waals surface area contributed by atoms with E-state index >= 15 is 0 Å². The van der Waals surface area contributed by atoms with Crippen LogP contribution < -0.4 is 15.8 Å². The van der Waals surface area contributed by atoms with Crippen molar-refractivity contribution in [2.24, 2.45) is 5.41 Å².